The Labute approximate surface area is 116 Å². The fraction of sp³-hybridized carbons (Fsp3) is 0.133. The molecule has 2 amide bonds. The molecular formula is C15H13N3O2. The van der Waals surface area contributed by atoms with E-state index in [-0.39, 0.29) is 17.5 Å². The van der Waals surface area contributed by atoms with E-state index in [1.165, 1.54) is 0 Å². The van der Waals surface area contributed by atoms with Crippen molar-refractivity contribution in [2.24, 2.45) is 0 Å². The lowest BCUT2D eigenvalue weighted by Crippen LogP contribution is -2.48. The van der Waals surface area contributed by atoms with E-state index < -0.39 is 5.54 Å². The number of fused-ring (bicyclic) bond motifs is 1. The Morgan fingerprint density at radius 1 is 1.20 bits per heavy atom. The third-order valence-electron chi connectivity index (χ3n) is 3.43. The molecule has 5 nitrogen and oxygen atoms in total. The van der Waals surface area contributed by atoms with Crippen LogP contribution in [0.4, 0.5) is 5.69 Å². The lowest BCUT2D eigenvalue weighted by Gasteiger charge is -2.23. The van der Waals surface area contributed by atoms with Crippen LogP contribution in [-0.2, 0) is 10.3 Å². The Hall–Kier alpha value is -2.69. The summed E-state index contributed by atoms with van der Waals surface area (Å²) in [4.78, 5) is 28.4. The number of pyridine rings is 1. The summed E-state index contributed by atoms with van der Waals surface area (Å²) >= 11 is 0. The second-order valence-electron chi connectivity index (χ2n) is 4.79. The number of carbonyl (C=O) groups is 2. The quantitative estimate of drug-likeness (QED) is 0.869. The second-order valence-corrected chi connectivity index (χ2v) is 4.79. The molecule has 0 fully saturated rings. The molecular weight excluding hydrogens is 254 g/mol. The first kappa shape index (κ1) is 12.3. The number of aromatic nitrogens is 1. The first-order chi connectivity index (χ1) is 9.61. The van der Waals surface area contributed by atoms with Gasteiger partial charge in [0.15, 0.2) is 0 Å². The molecule has 0 radical (unpaired) electrons. The highest BCUT2D eigenvalue weighted by molar-refractivity contribution is 6.08. The minimum absolute atomic E-state index is 0.247. The summed E-state index contributed by atoms with van der Waals surface area (Å²) in [5.41, 5.74) is 0.687. The highest BCUT2D eigenvalue weighted by atomic mass is 16.2. The van der Waals surface area contributed by atoms with Gasteiger partial charge >= 0.3 is 0 Å². The predicted molar refractivity (Wildman–Crippen MR) is 74.1 cm³/mol. The molecule has 20 heavy (non-hydrogen) atoms. The number of carbonyl (C=O) groups excluding carboxylic acids is 2. The van der Waals surface area contributed by atoms with Crippen LogP contribution in [0.25, 0.3) is 0 Å². The zero-order chi connectivity index (χ0) is 14.2. The molecule has 1 atom stereocenters. The lowest BCUT2D eigenvalue weighted by atomic mass is 9.93. The third-order valence-corrected chi connectivity index (χ3v) is 3.43. The Balaban J connectivity index is 1.94. The lowest BCUT2D eigenvalue weighted by molar-refractivity contribution is -0.121. The number of amides is 2. The van der Waals surface area contributed by atoms with Gasteiger partial charge in [0.05, 0.1) is 0 Å². The van der Waals surface area contributed by atoms with Crippen LogP contribution in [0.1, 0.15) is 23.0 Å². The van der Waals surface area contributed by atoms with Gasteiger partial charge in [0, 0.05) is 17.4 Å². The smallest absolute Gasteiger partial charge is 0.270 e. The SMILES string of the molecule is CC1(NC(=O)c2ccccn2)C(=O)Nc2ccccc21. The summed E-state index contributed by atoms with van der Waals surface area (Å²) in [6, 6.07) is 12.4. The van der Waals surface area contributed by atoms with Crippen molar-refractivity contribution >= 4 is 17.5 Å². The third kappa shape index (κ3) is 1.84. The first-order valence-corrected chi connectivity index (χ1v) is 6.26. The second kappa shape index (κ2) is 4.45. The summed E-state index contributed by atoms with van der Waals surface area (Å²) in [6.07, 6.45) is 1.54. The number of hydrogen-bond donors (Lipinski definition) is 2. The van der Waals surface area contributed by atoms with Crippen molar-refractivity contribution in [3.8, 4) is 0 Å². The van der Waals surface area contributed by atoms with Crippen LogP contribution in [0.15, 0.2) is 48.7 Å². The van der Waals surface area contributed by atoms with E-state index in [1.54, 1.807) is 31.3 Å². The summed E-state index contributed by atoms with van der Waals surface area (Å²) in [6.45, 7) is 1.69. The van der Waals surface area contributed by atoms with E-state index in [1.807, 2.05) is 24.3 Å². The van der Waals surface area contributed by atoms with Crippen molar-refractivity contribution in [2.45, 2.75) is 12.5 Å². The number of para-hydroxylation sites is 1. The van der Waals surface area contributed by atoms with Crippen molar-refractivity contribution < 1.29 is 9.59 Å². The molecule has 1 aromatic heterocycles. The molecule has 0 saturated heterocycles. The number of nitrogens with zero attached hydrogens (tertiary/aromatic N) is 1. The van der Waals surface area contributed by atoms with Crippen LogP contribution in [0.5, 0.6) is 0 Å². The highest BCUT2D eigenvalue weighted by Crippen LogP contribution is 2.35. The van der Waals surface area contributed by atoms with E-state index in [2.05, 4.69) is 15.6 Å². The molecule has 2 N–H and O–H groups in total. The largest absolute Gasteiger partial charge is 0.333 e. The van der Waals surface area contributed by atoms with Gasteiger partial charge in [-0.3, -0.25) is 14.6 Å². The molecule has 1 aliphatic heterocycles. The number of hydrogen-bond acceptors (Lipinski definition) is 3. The minimum atomic E-state index is -1.08. The monoisotopic (exact) mass is 267 g/mol. The topological polar surface area (TPSA) is 71.1 Å². The summed E-state index contributed by atoms with van der Waals surface area (Å²) in [5.74, 6) is -0.622. The van der Waals surface area contributed by atoms with Gasteiger partial charge in [-0.2, -0.15) is 0 Å². The molecule has 1 aliphatic rings. The molecule has 3 rings (SSSR count). The van der Waals surface area contributed by atoms with Gasteiger partial charge in [-0.1, -0.05) is 24.3 Å². The molecule has 0 spiro atoms. The fourth-order valence-electron chi connectivity index (χ4n) is 2.31. The van der Waals surface area contributed by atoms with Gasteiger partial charge < -0.3 is 10.6 Å². The summed E-state index contributed by atoms with van der Waals surface area (Å²) in [5, 5.41) is 5.53. The van der Waals surface area contributed by atoms with Gasteiger partial charge in [-0.05, 0) is 25.1 Å². The Bertz CT molecular complexity index is 685. The van der Waals surface area contributed by atoms with Crippen molar-refractivity contribution in [1.29, 1.82) is 0 Å². The first-order valence-electron chi connectivity index (χ1n) is 6.26. The molecule has 2 heterocycles. The Morgan fingerprint density at radius 3 is 2.70 bits per heavy atom. The molecule has 1 aromatic carbocycles. The molecule has 1 unspecified atom stereocenters. The average molecular weight is 267 g/mol. The number of rotatable bonds is 2. The highest BCUT2D eigenvalue weighted by Gasteiger charge is 2.43. The number of nitrogens with one attached hydrogen (secondary N) is 2. The van der Waals surface area contributed by atoms with Gasteiger partial charge in [0.1, 0.15) is 11.2 Å². The molecule has 2 aromatic rings. The molecule has 0 saturated carbocycles. The van der Waals surface area contributed by atoms with Crippen LogP contribution in [0.3, 0.4) is 0 Å². The maximum Gasteiger partial charge on any atom is 0.270 e. The molecule has 0 aliphatic carbocycles. The average Bonchev–Trinajstić information content (AvgIpc) is 2.72. The van der Waals surface area contributed by atoms with Crippen molar-refractivity contribution in [2.75, 3.05) is 5.32 Å². The maximum absolute atomic E-state index is 12.2. The predicted octanol–water partition coefficient (Wildman–Crippen LogP) is 1.68. The van der Waals surface area contributed by atoms with Crippen molar-refractivity contribution in [3.63, 3.8) is 0 Å². The van der Waals surface area contributed by atoms with E-state index in [4.69, 9.17) is 0 Å². The minimum Gasteiger partial charge on any atom is -0.333 e. The standard InChI is InChI=1S/C15H13N3O2/c1-15(18-13(19)12-8-4-5-9-16-12)10-6-2-3-7-11(10)17-14(15)20/h2-9H,1H3,(H,17,20)(H,18,19). The zero-order valence-corrected chi connectivity index (χ0v) is 10.9. The molecule has 0 bridgehead atoms. The Kier molecular flexibility index (Phi) is 2.75. The van der Waals surface area contributed by atoms with Gasteiger partial charge in [-0.15, -0.1) is 0 Å². The normalized spacial score (nSPS) is 20.1. The van der Waals surface area contributed by atoms with Gasteiger partial charge in [-0.25, -0.2) is 0 Å². The maximum atomic E-state index is 12.2. The van der Waals surface area contributed by atoms with Crippen LogP contribution in [0.2, 0.25) is 0 Å². The number of anilines is 1. The van der Waals surface area contributed by atoms with Crippen LogP contribution in [-0.4, -0.2) is 16.8 Å². The van der Waals surface area contributed by atoms with E-state index >= 15 is 0 Å². The van der Waals surface area contributed by atoms with Crippen LogP contribution < -0.4 is 10.6 Å². The van der Waals surface area contributed by atoms with Gasteiger partial charge in [0.25, 0.3) is 11.8 Å². The van der Waals surface area contributed by atoms with Crippen molar-refractivity contribution in [3.05, 3.63) is 59.9 Å². The number of benzene rings is 1. The molecule has 100 valence electrons. The van der Waals surface area contributed by atoms with E-state index in [0.29, 0.717) is 0 Å². The van der Waals surface area contributed by atoms with Crippen LogP contribution >= 0.6 is 0 Å². The van der Waals surface area contributed by atoms with Gasteiger partial charge in [0.2, 0.25) is 0 Å². The van der Waals surface area contributed by atoms with E-state index in [0.717, 1.165) is 11.3 Å². The fourth-order valence-corrected chi connectivity index (χ4v) is 2.31. The van der Waals surface area contributed by atoms with E-state index in [9.17, 15) is 9.59 Å². The summed E-state index contributed by atoms with van der Waals surface area (Å²) in [7, 11) is 0. The zero-order valence-electron chi connectivity index (χ0n) is 10.9. The van der Waals surface area contributed by atoms with Crippen molar-refractivity contribution in [1.82, 2.24) is 10.3 Å². The van der Waals surface area contributed by atoms with Crippen LogP contribution in [0, 0.1) is 0 Å². The molecule has 5 heteroatoms. The summed E-state index contributed by atoms with van der Waals surface area (Å²) < 4.78 is 0. The Morgan fingerprint density at radius 2 is 1.95 bits per heavy atom.